The Balaban J connectivity index is 3.67. The van der Waals surface area contributed by atoms with E-state index in [1.807, 2.05) is 0 Å². The van der Waals surface area contributed by atoms with E-state index in [9.17, 15) is 14.7 Å². The molecular weight excluding hydrogens is 536 g/mol. The first-order chi connectivity index (χ1) is 21.1. The van der Waals surface area contributed by atoms with Crippen LogP contribution in [0.2, 0.25) is 0 Å². The van der Waals surface area contributed by atoms with Crippen LogP contribution < -0.4 is 0 Å². The standard InChI is InChI=1S/C38H66O5/c1-3-5-7-9-11-13-15-16-17-18-19-20-21-22-23-25-27-29-31-33-38(41)43-36(34-39)35-42-37(40)32-30-28-26-24-14-12-10-8-6-4-2/h11,13,16-17,19-20,22-23,36,39H,3-10,12,14-15,18,21,24-35H2,1-2H3/b13-11+,17-16+,20-19+,23-22+/t36-/m0/s1. The number of hydrogen-bond acceptors (Lipinski definition) is 5. The normalized spacial score (nSPS) is 12.7. The largest absolute Gasteiger partial charge is 0.462 e. The van der Waals surface area contributed by atoms with Crippen LogP contribution in [0.4, 0.5) is 0 Å². The number of rotatable bonds is 31. The first kappa shape index (κ1) is 40.9. The van der Waals surface area contributed by atoms with Crippen LogP contribution in [-0.4, -0.2) is 36.4 Å². The molecule has 5 nitrogen and oxygen atoms in total. The molecule has 0 heterocycles. The molecule has 0 radical (unpaired) electrons. The Morgan fingerprint density at radius 1 is 0.535 bits per heavy atom. The van der Waals surface area contributed by atoms with E-state index in [4.69, 9.17) is 9.47 Å². The van der Waals surface area contributed by atoms with Crippen LogP contribution in [0.15, 0.2) is 48.6 Å². The van der Waals surface area contributed by atoms with Gasteiger partial charge >= 0.3 is 11.9 Å². The van der Waals surface area contributed by atoms with Gasteiger partial charge in [-0.05, 0) is 57.8 Å². The molecule has 1 atom stereocenters. The Hall–Kier alpha value is -2.14. The van der Waals surface area contributed by atoms with E-state index in [0.717, 1.165) is 64.2 Å². The fourth-order valence-corrected chi connectivity index (χ4v) is 4.65. The van der Waals surface area contributed by atoms with Gasteiger partial charge in [-0.25, -0.2) is 0 Å². The first-order valence-corrected chi connectivity index (χ1v) is 17.7. The molecule has 0 aromatic rings. The lowest BCUT2D eigenvalue weighted by molar-refractivity contribution is -0.161. The number of allylic oxidation sites excluding steroid dienone is 8. The second-order valence-electron chi connectivity index (χ2n) is 11.6. The molecule has 0 aromatic carbocycles. The van der Waals surface area contributed by atoms with E-state index in [1.54, 1.807) is 0 Å². The molecule has 0 rings (SSSR count). The number of carbonyl (C=O) groups is 2. The Labute approximate surface area is 265 Å². The van der Waals surface area contributed by atoms with E-state index in [-0.39, 0.29) is 25.2 Å². The van der Waals surface area contributed by atoms with Crippen molar-refractivity contribution in [3.05, 3.63) is 48.6 Å². The third kappa shape index (κ3) is 32.6. The molecule has 0 unspecified atom stereocenters. The van der Waals surface area contributed by atoms with Gasteiger partial charge in [0.2, 0.25) is 0 Å². The summed E-state index contributed by atoms with van der Waals surface area (Å²) in [6.07, 6.45) is 41.6. The average molecular weight is 603 g/mol. The highest BCUT2D eigenvalue weighted by atomic mass is 16.6. The molecule has 0 amide bonds. The molecule has 0 aromatic heterocycles. The molecule has 0 saturated heterocycles. The maximum Gasteiger partial charge on any atom is 0.306 e. The Morgan fingerprint density at radius 2 is 0.930 bits per heavy atom. The zero-order valence-corrected chi connectivity index (χ0v) is 28.0. The third-order valence-corrected chi connectivity index (χ3v) is 7.38. The van der Waals surface area contributed by atoms with Crippen LogP contribution in [0, 0.1) is 0 Å². The third-order valence-electron chi connectivity index (χ3n) is 7.38. The van der Waals surface area contributed by atoms with Crippen LogP contribution >= 0.6 is 0 Å². The summed E-state index contributed by atoms with van der Waals surface area (Å²) >= 11 is 0. The predicted molar refractivity (Wildman–Crippen MR) is 182 cm³/mol. The summed E-state index contributed by atoms with van der Waals surface area (Å²) in [7, 11) is 0. The summed E-state index contributed by atoms with van der Waals surface area (Å²) in [5.74, 6) is -0.631. The van der Waals surface area contributed by atoms with Crippen molar-refractivity contribution in [1.82, 2.24) is 0 Å². The van der Waals surface area contributed by atoms with Crippen molar-refractivity contribution in [2.24, 2.45) is 0 Å². The zero-order valence-electron chi connectivity index (χ0n) is 28.0. The van der Waals surface area contributed by atoms with Gasteiger partial charge in [0.1, 0.15) is 6.61 Å². The number of aliphatic hydroxyl groups is 1. The van der Waals surface area contributed by atoms with E-state index in [0.29, 0.717) is 12.8 Å². The molecule has 0 spiro atoms. The molecule has 0 bridgehead atoms. The van der Waals surface area contributed by atoms with Gasteiger partial charge in [0.15, 0.2) is 6.10 Å². The Kier molecular flexibility index (Phi) is 32.6. The van der Waals surface area contributed by atoms with Gasteiger partial charge in [-0.15, -0.1) is 0 Å². The fourth-order valence-electron chi connectivity index (χ4n) is 4.65. The molecule has 0 saturated carbocycles. The molecule has 0 fully saturated rings. The van der Waals surface area contributed by atoms with Crippen LogP contribution in [-0.2, 0) is 19.1 Å². The van der Waals surface area contributed by atoms with Gasteiger partial charge in [-0.1, -0.05) is 140 Å². The number of ether oxygens (including phenoxy) is 2. The second kappa shape index (κ2) is 34.4. The quantitative estimate of drug-likeness (QED) is 0.0485. The Morgan fingerprint density at radius 3 is 1.44 bits per heavy atom. The highest BCUT2D eigenvalue weighted by molar-refractivity contribution is 5.70. The minimum Gasteiger partial charge on any atom is -0.462 e. The van der Waals surface area contributed by atoms with Gasteiger partial charge in [0.05, 0.1) is 6.61 Å². The minimum absolute atomic E-state index is 0.0785. The number of carbonyl (C=O) groups excluding carboxylic acids is 2. The SMILES string of the molecule is CCCCC/C=C/C/C=C/C/C=C/C/C=C/CCCCCC(=O)O[C@@H](CO)COC(=O)CCCCCCCCCCCC. The summed E-state index contributed by atoms with van der Waals surface area (Å²) in [4.78, 5) is 24.1. The highest BCUT2D eigenvalue weighted by Crippen LogP contribution is 2.12. The van der Waals surface area contributed by atoms with E-state index < -0.39 is 6.10 Å². The monoisotopic (exact) mass is 602 g/mol. The summed E-state index contributed by atoms with van der Waals surface area (Å²) in [5, 5.41) is 9.50. The summed E-state index contributed by atoms with van der Waals surface area (Å²) in [6.45, 7) is 4.05. The van der Waals surface area contributed by atoms with Crippen molar-refractivity contribution in [3.8, 4) is 0 Å². The van der Waals surface area contributed by atoms with Gasteiger partial charge in [0, 0.05) is 12.8 Å². The first-order valence-electron chi connectivity index (χ1n) is 17.7. The lowest BCUT2D eigenvalue weighted by atomic mass is 10.1. The van der Waals surface area contributed by atoms with Crippen LogP contribution in [0.3, 0.4) is 0 Å². The molecular formula is C38H66O5. The number of hydrogen-bond donors (Lipinski definition) is 1. The highest BCUT2D eigenvalue weighted by Gasteiger charge is 2.16. The maximum absolute atomic E-state index is 12.1. The van der Waals surface area contributed by atoms with E-state index in [1.165, 1.54) is 70.6 Å². The van der Waals surface area contributed by atoms with Crippen molar-refractivity contribution in [2.75, 3.05) is 13.2 Å². The average Bonchev–Trinajstić information content (AvgIpc) is 3.01. The van der Waals surface area contributed by atoms with Crippen molar-refractivity contribution in [1.29, 1.82) is 0 Å². The molecule has 0 aliphatic carbocycles. The topological polar surface area (TPSA) is 72.8 Å². The fraction of sp³-hybridized carbons (Fsp3) is 0.737. The molecule has 248 valence electrons. The van der Waals surface area contributed by atoms with Gasteiger partial charge in [-0.2, -0.15) is 0 Å². The summed E-state index contributed by atoms with van der Waals surface area (Å²) in [6, 6.07) is 0. The number of aliphatic hydroxyl groups excluding tert-OH is 1. The Bertz CT molecular complexity index is 737. The van der Waals surface area contributed by atoms with Crippen molar-refractivity contribution in [2.45, 2.75) is 168 Å². The lowest BCUT2D eigenvalue weighted by Crippen LogP contribution is -2.28. The van der Waals surface area contributed by atoms with Gasteiger partial charge in [0.25, 0.3) is 0 Å². The number of esters is 2. The predicted octanol–water partition coefficient (Wildman–Crippen LogP) is 10.7. The molecule has 5 heteroatoms. The summed E-state index contributed by atoms with van der Waals surface area (Å²) < 4.78 is 10.5. The van der Waals surface area contributed by atoms with E-state index in [2.05, 4.69) is 62.5 Å². The molecule has 43 heavy (non-hydrogen) atoms. The van der Waals surface area contributed by atoms with Crippen molar-refractivity contribution in [3.63, 3.8) is 0 Å². The maximum atomic E-state index is 12.1. The smallest absolute Gasteiger partial charge is 0.306 e. The van der Waals surface area contributed by atoms with Crippen LogP contribution in [0.1, 0.15) is 162 Å². The molecule has 0 aliphatic heterocycles. The molecule has 1 N–H and O–H groups in total. The molecule has 0 aliphatic rings. The second-order valence-corrected chi connectivity index (χ2v) is 11.6. The lowest BCUT2D eigenvalue weighted by Gasteiger charge is -2.15. The van der Waals surface area contributed by atoms with Crippen molar-refractivity contribution >= 4 is 11.9 Å². The zero-order chi connectivity index (χ0) is 31.5. The number of unbranched alkanes of at least 4 members (excludes halogenated alkanes) is 15. The van der Waals surface area contributed by atoms with E-state index >= 15 is 0 Å². The summed E-state index contributed by atoms with van der Waals surface area (Å²) in [5.41, 5.74) is 0. The van der Waals surface area contributed by atoms with Gasteiger partial charge < -0.3 is 14.6 Å². The van der Waals surface area contributed by atoms with Crippen molar-refractivity contribution < 1.29 is 24.2 Å². The van der Waals surface area contributed by atoms with Crippen LogP contribution in [0.5, 0.6) is 0 Å². The minimum atomic E-state index is -0.784. The van der Waals surface area contributed by atoms with Crippen LogP contribution in [0.25, 0.3) is 0 Å². The van der Waals surface area contributed by atoms with Gasteiger partial charge in [-0.3, -0.25) is 9.59 Å².